The Labute approximate surface area is 123 Å². The largest absolute Gasteiger partial charge is 0.393 e. The number of aliphatic hydroxyl groups is 2. The zero-order valence-corrected chi connectivity index (χ0v) is 13.1. The Morgan fingerprint density at radius 1 is 1.05 bits per heavy atom. The molecule has 1 heterocycles. The van der Waals surface area contributed by atoms with Crippen LogP contribution in [0.1, 0.15) is 51.9 Å². The van der Waals surface area contributed by atoms with Gasteiger partial charge in [-0.25, -0.2) is 0 Å². The first kappa shape index (κ1) is 14.8. The van der Waals surface area contributed by atoms with Crippen molar-refractivity contribution in [2.24, 2.45) is 23.2 Å². The van der Waals surface area contributed by atoms with Gasteiger partial charge in [0.05, 0.1) is 12.2 Å². The van der Waals surface area contributed by atoms with Gasteiger partial charge < -0.3 is 15.1 Å². The minimum Gasteiger partial charge on any atom is -0.393 e. The van der Waals surface area contributed by atoms with Gasteiger partial charge in [0.25, 0.3) is 0 Å². The van der Waals surface area contributed by atoms with E-state index in [9.17, 15) is 10.2 Å². The molecule has 3 nitrogen and oxygen atoms in total. The van der Waals surface area contributed by atoms with Gasteiger partial charge in [0.15, 0.2) is 0 Å². The Kier molecular flexibility index (Phi) is 4.13. The summed E-state index contributed by atoms with van der Waals surface area (Å²) in [6, 6.07) is 0. The molecule has 3 fully saturated rings. The maximum atomic E-state index is 10.9. The predicted molar refractivity (Wildman–Crippen MR) is 80.4 cm³/mol. The average molecular weight is 281 g/mol. The molecule has 3 aliphatic rings. The van der Waals surface area contributed by atoms with E-state index >= 15 is 0 Å². The van der Waals surface area contributed by atoms with E-state index in [0.717, 1.165) is 45.2 Å². The second-order valence-electron chi connectivity index (χ2n) is 7.86. The summed E-state index contributed by atoms with van der Waals surface area (Å²) in [5, 5.41) is 21.5. The Morgan fingerprint density at radius 2 is 1.80 bits per heavy atom. The fourth-order valence-corrected chi connectivity index (χ4v) is 5.72. The molecule has 0 amide bonds. The van der Waals surface area contributed by atoms with Crippen molar-refractivity contribution in [3.05, 3.63) is 0 Å². The number of hydrogen-bond donors (Lipinski definition) is 2. The van der Waals surface area contributed by atoms with E-state index in [1.807, 2.05) is 0 Å². The van der Waals surface area contributed by atoms with Crippen LogP contribution in [0.3, 0.4) is 0 Å². The number of hydrogen-bond acceptors (Lipinski definition) is 3. The van der Waals surface area contributed by atoms with Gasteiger partial charge in [-0.15, -0.1) is 0 Å². The molecule has 0 bridgehead atoms. The van der Waals surface area contributed by atoms with E-state index < -0.39 is 0 Å². The van der Waals surface area contributed by atoms with Crippen LogP contribution in [-0.2, 0) is 0 Å². The van der Waals surface area contributed by atoms with Crippen molar-refractivity contribution < 1.29 is 10.2 Å². The average Bonchev–Trinajstić information content (AvgIpc) is 2.67. The van der Waals surface area contributed by atoms with Crippen LogP contribution in [0.2, 0.25) is 0 Å². The van der Waals surface area contributed by atoms with Crippen molar-refractivity contribution in [1.82, 2.24) is 4.90 Å². The first-order chi connectivity index (χ1) is 9.54. The molecule has 0 aromatic heterocycles. The SMILES string of the molecule is C[C@H]1CC(O)[C@]23CCCN(C)CCC[C@H]2[C@@H](O)C[C@@H]3C1. The molecule has 1 spiro atoms. The van der Waals surface area contributed by atoms with Crippen LogP contribution in [0.5, 0.6) is 0 Å². The van der Waals surface area contributed by atoms with Crippen molar-refractivity contribution in [3.63, 3.8) is 0 Å². The van der Waals surface area contributed by atoms with Crippen molar-refractivity contribution in [2.75, 3.05) is 20.1 Å². The Hall–Kier alpha value is -0.120. The van der Waals surface area contributed by atoms with Crippen LogP contribution >= 0.6 is 0 Å². The van der Waals surface area contributed by atoms with Gasteiger partial charge in [-0.05, 0) is 82.8 Å². The summed E-state index contributed by atoms with van der Waals surface area (Å²) in [7, 11) is 2.20. The molecule has 2 aliphatic carbocycles. The molecule has 20 heavy (non-hydrogen) atoms. The molecule has 1 saturated heterocycles. The minimum atomic E-state index is -0.193. The fourth-order valence-electron chi connectivity index (χ4n) is 5.72. The van der Waals surface area contributed by atoms with Crippen molar-refractivity contribution >= 4 is 0 Å². The second-order valence-corrected chi connectivity index (χ2v) is 7.86. The van der Waals surface area contributed by atoms with E-state index in [-0.39, 0.29) is 17.6 Å². The van der Waals surface area contributed by atoms with Gasteiger partial charge in [-0.2, -0.15) is 0 Å². The second kappa shape index (κ2) is 5.58. The summed E-state index contributed by atoms with van der Waals surface area (Å²) in [4.78, 5) is 2.41. The summed E-state index contributed by atoms with van der Waals surface area (Å²) in [5.74, 6) is 1.49. The zero-order valence-electron chi connectivity index (χ0n) is 13.1. The highest BCUT2D eigenvalue weighted by Gasteiger charge is 2.59. The molecule has 2 N–H and O–H groups in total. The number of aliphatic hydroxyl groups excluding tert-OH is 2. The molecule has 0 radical (unpaired) electrons. The molecule has 6 atom stereocenters. The molecule has 0 aromatic carbocycles. The summed E-state index contributed by atoms with van der Waals surface area (Å²) in [6.07, 6.45) is 7.24. The topological polar surface area (TPSA) is 43.7 Å². The molecule has 116 valence electrons. The molecular formula is C17H31NO2. The monoisotopic (exact) mass is 281 g/mol. The summed E-state index contributed by atoms with van der Waals surface area (Å²) in [6.45, 7) is 4.54. The zero-order chi connectivity index (χ0) is 14.3. The molecule has 1 unspecified atom stereocenters. The highest BCUT2D eigenvalue weighted by Crippen LogP contribution is 2.60. The standard InChI is InChI=1S/C17H31NO2/c1-12-9-13-11-15(19)14-5-3-7-18(2)8-4-6-17(13,14)16(20)10-12/h12-16,19-20H,3-11H2,1-2H3/t12-,13+,14+,15+,16?,17+/m1/s1. The lowest BCUT2D eigenvalue weighted by molar-refractivity contribution is -0.0966. The molecule has 0 aromatic rings. The van der Waals surface area contributed by atoms with Gasteiger partial charge in [-0.1, -0.05) is 6.92 Å². The Morgan fingerprint density at radius 3 is 2.60 bits per heavy atom. The van der Waals surface area contributed by atoms with Crippen LogP contribution in [0.15, 0.2) is 0 Å². The highest BCUT2D eigenvalue weighted by atomic mass is 16.3. The molecular weight excluding hydrogens is 250 g/mol. The maximum Gasteiger partial charge on any atom is 0.0605 e. The smallest absolute Gasteiger partial charge is 0.0605 e. The third kappa shape index (κ3) is 2.32. The maximum absolute atomic E-state index is 10.9. The first-order valence-corrected chi connectivity index (χ1v) is 8.58. The summed E-state index contributed by atoms with van der Waals surface area (Å²) < 4.78 is 0. The number of nitrogens with zero attached hydrogens (tertiary/aromatic N) is 1. The van der Waals surface area contributed by atoms with Crippen molar-refractivity contribution in [2.45, 2.75) is 64.1 Å². The van der Waals surface area contributed by atoms with Gasteiger partial charge in [-0.3, -0.25) is 0 Å². The van der Waals surface area contributed by atoms with E-state index in [1.165, 1.54) is 12.8 Å². The lowest BCUT2D eigenvalue weighted by atomic mass is 9.57. The van der Waals surface area contributed by atoms with Crippen LogP contribution in [-0.4, -0.2) is 47.5 Å². The third-order valence-electron chi connectivity index (χ3n) is 6.58. The van der Waals surface area contributed by atoms with Gasteiger partial charge in [0.1, 0.15) is 0 Å². The predicted octanol–water partition coefficient (Wildman–Crippen LogP) is 2.27. The normalized spacial score (nSPS) is 50.7. The Balaban J connectivity index is 1.89. The Bertz CT molecular complexity index is 348. The minimum absolute atomic E-state index is 0.0249. The molecule has 3 heteroatoms. The van der Waals surface area contributed by atoms with Crippen molar-refractivity contribution in [3.8, 4) is 0 Å². The van der Waals surface area contributed by atoms with E-state index in [1.54, 1.807) is 0 Å². The quantitative estimate of drug-likeness (QED) is 0.716. The van der Waals surface area contributed by atoms with Crippen LogP contribution in [0.4, 0.5) is 0 Å². The van der Waals surface area contributed by atoms with Crippen LogP contribution in [0.25, 0.3) is 0 Å². The summed E-state index contributed by atoms with van der Waals surface area (Å²) >= 11 is 0. The highest BCUT2D eigenvalue weighted by molar-refractivity contribution is 5.08. The van der Waals surface area contributed by atoms with E-state index in [4.69, 9.17) is 0 Å². The first-order valence-electron chi connectivity index (χ1n) is 8.58. The lowest BCUT2D eigenvalue weighted by Crippen LogP contribution is -2.49. The van der Waals surface area contributed by atoms with Crippen molar-refractivity contribution in [1.29, 1.82) is 0 Å². The molecule has 3 rings (SSSR count). The van der Waals surface area contributed by atoms with E-state index in [0.29, 0.717) is 17.8 Å². The van der Waals surface area contributed by atoms with Gasteiger partial charge >= 0.3 is 0 Å². The van der Waals surface area contributed by atoms with Crippen LogP contribution in [0, 0.1) is 23.2 Å². The molecule has 2 saturated carbocycles. The molecule has 1 aliphatic heterocycles. The number of rotatable bonds is 0. The van der Waals surface area contributed by atoms with Gasteiger partial charge in [0.2, 0.25) is 0 Å². The van der Waals surface area contributed by atoms with Crippen LogP contribution < -0.4 is 0 Å². The van der Waals surface area contributed by atoms with E-state index in [2.05, 4.69) is 18.9 Å². The fraction of sp³-hybridized carbons (Fsp3) is 1.00. The third-order valence-corrected chi connectivity index (χ3v) is 6.58. The lowest BCUT2D eigenvalue weighted by Gasteiger charge is -2.49. The summed E-state index contributed by atoms with van der Waals surface area (Å²) in [5.41, 5.74) is 0.0249. The van der Waals surface area contributed by atoms with Gasteiger partial charge in [0, 0.05) is 5.41 Å².